The van der Waals surface area contributed by atoms with Crippen LogP contribution in [0, 0.1) is 6.92 Å². The van der Waals surface area contributed by atoms with Crippen molar-refractivity contribution in [2.75, 3.05) is 0 Å². The summed E-state index contributed by atoms with van der Waals surface area (Å²) >= 11 is 0. The smallest absolute Gasteiger partial charge is 0.298 e. The molecule has 6 heteroatoms. The van der Waals surface area contributed by atoms with Gasteiger partial charge in [0.05, 0.1) is 0 Å². The molecule has 0 amide bonds. The third kappa shape index (κ3) is 2.43. The van der Waals surface area contributed by atoms with Crippen LogP contribution in [0.2, 0.25) is 0 Å². The molecule has 0 aromatic carbocycles. The molecule has 0 N–H and O–H groups in total. The van der Waals surface area contributed by atoms with Crippen molar-refractivity contribution in [3.63, 3.8) is 0 Å². The standard InChI is InChI=1S/C10H13F3N2O/c1-4-8(7(3)16)15-6(2)5-9(14-15)10(11,12)13/h5,8H,4H2,1-3H3. The summed E-state index contributed by atoms with van der Waals surface area (Å²) in [5.41, 5.74) is -0.612. The van der Waals surface area contributed by atoms with Gasteiger partial charge in [0, 0.05) is 5.69 Å². The number of aryl methyl sites for hydroxylation is 1. The van der Waals surface area contributed by atoms with E-state index in [4.69, 9.17) is 0 Å². The first kappa shape index (κ1) is 12.7. The molecule has 0 aliphatic carbocycles. The molecule has 1 rings (SSSR count). The zero-order valence-corrected chi connectivity index (χ0v) is 9.30. The van der Waals surface area contributed by atoms with Crippen molar-refractivity contribution < 1.29 is 18.0 Å². The second kappa shape index (κ2) is 4.27. The molecule has 0 bridgehead atoms. The van der Waals surface area contributed by atoms with Crippen molar-refractivity contribution in [2.24, 2.45) is 0 Å². The molecule has 90 valence electrons. The van der Waals surface area contributed by atoms with Gasteiger partial charge in [-0.05, 0) is 26.3 Å². The Balaban J connectivity index is 3.15. The van der Waals surface area contributed by atoms with Crippen LogP contribution in [0.4, 0.5) is 13.2 Å². The molecule has 1 aromatic rings. The van der Waals surface area contributed by atoms with Crippen molar-refractivity contribution in [2.45, 2.75) is 39.4 Å². The minimum Gasteiger partial charge on any atom is -0.298 e. The summed E-state index contributed by atoms with van der Waals surface area (Å²) in [4.78, 5) is 11.2. The zero-order valence-electron chi connectivity index (χ0n) is 9.30. The largest absolute Gasteiger partial charge is 0.435 e. The van der Waals surface area contributed by atoms with Crippen LogP contribution < -0.4 is 0 Å². The van der Waals surface area contributed by atoms with Gasteiger partial charge in [0.15, 0.2) is 11.5 Å². The Kier molecular flexibility index (Phi) is 3.40. The number of alkyl halides is 3. The van der Waals surface area contributed by atoms with E-state index in [-0.39, 0.29) is 5.78 Å². The number of aromatic nitrogens is 2. The second-order valence-corrected chi connectivity index (χ2v) is 3.65. The molecular formula is C10H13F3N2O. The van der Waals surface area contributed by atoms with E-state index in [2.05, 4.69) is 5.10 Å². The predicted octanol–water partition coefficient (Wildman–Crippen LogP) is 2.75. The molecule has 1 heterocycles. The molecule has 0 aliphatic rings. The quantitative estimate of drug-likeness (QED) is 0.806. The van der Waals surface area contributed by atoms with Crippen molar-refractivity contribution in [1.82, 2.24) is 9.78 Å². The fourth-order valence-electron chi connectivity index (χ4n) is 1.57. The van der Waals surface area contributed by atoms with Gasteiger partial charge in [-0.2, -0.15) is 18.3 Å². The van der Waals surface area contributed by atoms with Crippen LogP contribution >= 0.6 is 0 Å². The van der Waals surface area contributed by atoms with Gasteiger partial charge in [-0.25, -0.2) is 0 Å². The maximum Gasteiger partial charge on any atom is 0.435 e. The SMILES string of the molecule is CCC(C(C)=O)n1nc(C(F)(F)F)cc1C. The number of carbonyl (C=O) groups excluding carboxylic acids is 1. The lowest BCUT2D eigenvalue weighted by Gasteiger charge is -2.13. The molecule has 0 saturated heterocycles. The summed E-state index contributed by atoms with van der Waals surface area (Å²) in [6.45, 7) is 4.59. The Bertz CT molecular complexity index is 395. The number of nitrogens with zero attached hydrogens (tertiary/aromatic N) is 2. The summed E-state index contributed by atoms with van der Waals surface area (Å²) in [7, 11) is 0. The molecule has 0 radical (unpaired) electrons. The number of hydrogen-bond acceptors (Lipinski definition) is 2. The van der Waals surface area contributed by atoms with Gasteiger partial charge in [0.2, 0.25) is 0 Å². The number of halogens is 3. The molecule has 0 spiro atoms. The monoisotopic (exact) mass is 234 g/mol. The average Bonchev–Trinajstić information content (AvgIpc) is 2.48. The van der Waals surface area contributed by atoms with Gasteiger partial charge in [-0.15, -0.1) is 0 Å². The third-order valence-corrected chi connectivity index (χ3v) is 2.36. The first-order valence-electron chi connectivity index (χ1n) is 4.91. The molecule has 0 fully saturated rings. The molecule has 1 unspecified atom stereocenters. The fourth-order valence-corrected chi connectivity index (χ4v) is 1.57. The molecule has 3 nitrogen and oxygen atoms in total. The molecule has 0 saturated carbocycles. The highest BCUT2D eigenvalue weighted by Gasteiger charge is 2.35. The Morgan fingerprint density at radius 3 is 2.44 bits per heavy atom. The number of hydrogen-bond donors (Lipinski definition) is 0. The normalized spacial score (nSPS) is 13.9. The van der Waals surface area contributed by atoms with Gasteiger partial charge < -0.3 is 0 Å². The van der Waals surface area contributed by atoms with Gasteiger partial charge >= 0.3 is 6.18 Å². The van der Waals surface area contributed by atoms with E-state index in [1.807, 2.05) is 0 Å². The van der Waals surface area contributed by atoms with Crippen molar-refractivity contribution in [1.29, 1.82) is 0 Å². The van der Waals surface area contributed by atoms with E-state index in [0.717, 1.165) is 10.7 Å². The number of carbonyl (C=O) groups is 1. The Hall–Kier alpha value is -1.33. The Morgan fingerprint density at radius 2 is 2.12 bits per heavy atom. The van der Waals surface area contributed by atoms with E-state index in [9.17, 15) is 18.0 Å². The summed E-state index contributed by atoms with van der Waals surface area (Å²) in [5.74, 6) is -0.192. The van der Waals surface area contributed by atoms with E-state index >= 15 is 0 Å². The van der Waals surface area contributed by atoms with Crippen LogP contribution in [0.3, 0.4) is 0 Å². The highest BCUT2D eigenvalue weighted by molar-refractivity contribution is 5.79. The maximum atomic E-state index is 12.4. The Labute approximate surface area is 91.3 Å². The third-order valence-electron chi connectivity index (χ3n) is 2.36. The lowest BCUT2D eigenvalue weighted by atomic mass is 10.1. The fraction of sp³-hybridized carbons (Fsp3) is 0.600. The van der Waals surface area contributed by atoms with E-state index in [1.165, 1.54) is 13.8 Å². The lowest BCUT2D eigenvalue weighted by Crippen LogP contribution is -2.19. The summed E-state index contributed by atoms with van der Waals surface area (Å²) < 4.78 is 38.3. The van der Waals surface area contributed by atoms with E-state index < -0.39 is 17.9 Å². The van der Waals surface area contributed by atoms with Crippen LogP contribution in [0.5, 0.6) is 0 Å². The summed E-state index contributed by atoms with van der Waals surface area (Å²) in [6, 6.07) is 0.335. The van der Waals surface area contributed by atoms with Crippen LogP contribution in [-0.2, 0) is 11.0 Å². The van der Waals surface area contributed by atoms with Crippen LogP contribution in [0.15, 0.2) is 6.07 Å². The summed E-state index contributed by atoms with van der Waals surface area (Å²) in [5, 5.41) is 3.44. The minimum atomic E-state index is -4.47. The Morgan fingerprint density at radius 1 is 1.56 bits per heavy atom. The second-order valence-electron chi connectivity index (χ2n) is 3.65. The van der Waals surface area contributed by atoms with Gasteiger partial charge in [0.1, 0.15) is 6.04 Å². The first-order valence-corrected chi connectivity index (χ1v) is 4.91. The molecular weight excluding hydrogens is 221 g/mol. The van der Waals surface area contributed by atoms with Gasteiger partial charge in [0.25, 0.3) is 0 Å². The van der Waals surface area contributed by atoms with E-state index in [1.54, 1.807) is 6.92 Å². The number of rotatable bonds is 3. The number of ketones is 1. The highest BCUT2D eigenvalue weighted by atomic mass is 19.4. The molecule has 1 aromatic heterocycles. The van der Waals surface area contributed by atoms with Crippen molar-refractivity contribution in [3.05, 3.63) is 17.5 Å². The lowest BCUT2D eigenvalue weighted by molar-refractivity contribution is -0.141. The van der Waals surface area contributed by atoms with Gasteiger partial charge in [-0.1, -0.05) is 6.92 Å². The first-order chi connectivity index (χ1) is 7.27. The van der Waals surface area contributed by atoms with Crippen LogP contribution in [0.25, 0.3) is 0 Å². The molecule has 1 atom stereocenters. The minimum absolute atomic E-state index is 0.192. The predicted molar refractivity (Wildman–Crippen MR) is 52.0 cm³/mol. The van der Waals surface area contributed by atoms with Crippen LogP contribution in [0.1, 0.15) is 37.7 Å². The summed E-state index contributed by atoms with van der Waals surface area (Å²) in [6.07, 6.45) is -4.04. The van der Waals surface area contributed by atoms with Gasteiger partial charge in [-0.3, -0.25) is 9.48 Å². The van der Waals surface area contributed by atoms with E-state index in [0.29, 0.717) is 12.1 Å². The average molecular weight is 234 g/mol. The zero-order chi connectivity index (χ0) is 12.5. The number of Topliss-reactive ketones (excluding diaryl/α,β-unsaturated/α-hetero) is 1. The van der Waals surface area contributed by atoms with Crippen molar-refractivity contribution in [3.8, 4) is 0 Å². The highest BCUT2D eigenvalue weighted by Crippen LogP contribution is 2.29. The maximum absolute atomic E-state index is 12.4. The van der Waals surface area contributed by atoms with Crippen LogP contribution in [-0.4, -0.2) is 15.6 Å². The topological polar surface area (TPSA) is 34.9 Å². The van der Waals surface area contributed by atoms with Crippen molar-refractivity contribution >= 4 is 5.78 Å². The molecule has 0 aliphatic heterocycles. The molecule has 16 heavy (non-hydrogen) atoms.